The Labute approximate surface area is 137 Å². The molecule has 0 fully saturated rings. The molecule has 0 spiro atoms. The molecule has 1 N–H and O–H groups in total. The molecule has 2 heterocycles. The van der Waals surface area contributed by atoms with Gasteiger partial charge in [0.15, 0.2) is 5.76 Å². The molecule has 0 aliphatic carbocycles. The highest BCUT2D eigenvalue weighted by Crippen LogP contribution is 2.16. The summed E-state index contributed by atoms with van der Waals surface area (Å²) in [7, 11) is 0. The second kappa shape index (κ2) is 7.08. The highest BCUT2D eigenvalue weighted by atomic mass is 19.1. The normalized spacial score (nSPS) is 10.8. The van der Waals surface area contributed by atoms with Gasteiger partial charge in [0.2, 0.25) is 17.6 Å². The average molecular weight is 329 g/mol. The smallest absolute Gasteiger partial charge is 0.238 e. The number of aryl methyl sites for hydroxylation is 2. The van der Waals surface area contributed by atoms with Crippen molar-refractivity contribution in [2.24, 2.45) is 0 Å². The van der Waals surface area contributed by atoms with E-state index < -0.39 is 0 Å². The molecule has 0 bridgehead atoms. The number of nitrogens with one attached hydrogen (secondary N) is 1. The van der Waals surface area contributed by atoms with Gasteiger partial charge in [-0.15, -0.1) is 0 Å². The lowest BCUT2D eigenvalue weighted by molar-refractivity contribution is -0.121. The summed E-state index contributed by atoms with van der Waals surface area (Å²) in [5.74, 6) is 0.770. The minimum absolute atomic E-state index is 0.172. The van der Waals surface area contributed by atoms with Crippen molar-refractivity contribution >= 4 is 5.91 Å². The number of halogens is 1. The molecule has 7 heteroatoms. The minimum Gasteiger partial charge on any atom is -0.461 e. The number of hydrogen-bond donors (Lipinski definition) is 1. The first-order valence-electron chi connectivity index (χ1n) is 7.50. The maximum atomic E-state index is 13.4. The molecule has 0 saturated heterocycles. The van der Waals surface area contributed by atoms with Crippen molar-refractivity contribution in [3.8, 4) is 11.6 Å². The lowest BCUT2D eigenvalue weighted by atomic mass is 10.1. The second-order valence-corrected chi connectivity index (χ2v) is 5.35. The van der Waals surface area contributed by atoms with Crippen LogP contribution in [-0.2, 0) is 17.8 Å². The van der Waals surface area contributed by atoms with Crippen molar-refractivity contribution in [2.45, 2.75) is 26.3 Å². The Morgan fingerprint density at radius 1 is 1.33 bits per heavy atom. The van der Waals surface area contributed by atoms with E-state index in [4.69, 9.17) is 8.94 Å². The van der Waals surface area contributed by atoms with E-state index in [0.29, 0.717) is 35.0 Å². The van der Waals surface area contributed by atoms with Crippen LogP contribution in [0, 0.1) is 12.7 Å². The second-order valence-electron chi connectivity index (χ2n) is 5.35. The van der Waals surface area contributed by atoms with Gasteiger partial charge in [0.1, 0.15) is 5.82 Å². The highest BCUT2D eigenvalue weighted by Gasteiger charge is 2.12. The van der Waals surface area contributed by atoms with Gasteiger partial charge in [-0.05, 0) is 36.2 Å². The van der Waals surface area contributed by atoms with Gasteiger partial charge in [0.25, 0.3) is 0 Å². The van der Waals surface area contributed by atoms with Crippen LogP contribution < -0.4 is 5.32 Å². The van der Waals surface area contributed by atoms with Crippen LogP contribution in [0.1, 0.15) is 23.4 Å². The number of nitrogens with zero attached hydrogens (tertiary/aromatic N) is 2. The molecule has 24 heavy (non-hydrogen) atoms. The van der Waals surface area contributed by atoms with Crippen molar-refractivity contribution in [2.75, 3.05) is 0 Å². The molecule has 0 atom stereocenters. The van der Waals surface area contributed by atoms with Crippen molar-refractivity contribution in [3.05, 3.63) is 59.4 Å². The summed E-state index contributed by atoms with van der Waals surface area (Å²) in [6, 6.07) is 8.34. The van der Waals surface area contributed by atoms with E-state index in [-0.39, 0.29) is 24.7 Å². The number of amides is 1. The summed E-state index contributed by atoms with van der Waals surface area (Å²) in [5.41, 5.74) is 1.29. The van der Waals surface area contributed by atoms with Gasteiger partial charge in [-0.25, -0.2) is 4.39 Å². The molecule has 6 nitrogen and oxygen atoms in total. The summed E-state index contributed by atoms with van der Waals surface area (Å²) in [6.45, 7) is 1.97. The Bertz CT molecular complexity index is 827. The largest absolute Gasteiger partial charge is 0.461 e. The van der Waals surface area contributed by atoms with Gasteiger partial charge in [-0.3, -0.25) is 4.79 Å². The molecule has 1 aromatic carbocycles. The molecule has 2 aromatic heterocycles. The van der Waals surface area contributed by atoms with Gasteiger partial charge in [-0.1, -0.05) is 17.3 Å². The molecule has 0 aliphatic heterocycles. The maximum Gasteiger partial charge on any atom is 0.238 e. The standard InChI is InChI=1S/C17H16FN3O3/c1-11-4-5-12(9-13(11)18)10-19-15(22)6-7-16-20-17(21-24-16)14-3-2-8-23-14/h2-5,8-9H,6-7,10H2,1H3,(H,19,22). The number of furan rings is 1. The van der Waals surface area contributed by atoms with Crippen molar-refractivity contribution in [1.82, 2.24) is 15.5 Å². The predicted molar refractivity (Wildman–Crippen MR) is 83.3 cm³/mol. The maximum absolute atomic E-state index is 13.4. The van der Waals surface area contributed by atoms with Gasteiger partial charge >= 0.3 is 0 Å². The first-order valence-corrected chi connectivity index (χ1v) is 7.50. The van der Waals surface area contributed by atoms with Crippen LogP contribution >= 0.6 is 0 Å². The number of benzene rings is 1. The number of carbonyl (C=O) groups excluding carboxylic acids is 1. The Balaban J connectivity index is 1.48. The van der Waals surface area contributed by atoms with E-state index in [0.717, 1.165) is 0 Å². The molecule has 3 rings (SSSR count). The zero-order chi connectivity index (χ0) is 16.9. The summed E-state index contributed by atoms with van der Waals surface area (Å²) < 4.78 is 23.7. The van der Waals surface area contributed by atoms with Crippen LogP contribution in [0.5, 0.6) is 0 Å². The van der Waals surface area contributed by atoms with Crippen molar-refractivity contribution < 1.29 is 18.1 Å². The molecule has 0 aliphatic rings. The van der Waals surface area contributed by atoms with Gasteiger partial charge in [-0.2, -0.15) is 4.98 Å². The van der Waals surface area contributed by atoms with Crippen LogP contribution in [0.2, 0.25) is 0 Å². The van der Waals surface area contributed by atoms with E-state index in [1.165, 1.54) is 12.3 Å². The molecule has 0 radical (unpaired) electrons. The van der Waals surface area contributed by atoms with Crippen LogP contribution in [0.4, 0.5) is 4.39 Å². The Morgan fingerprint density at radius 3 is 2.96 bits per heavy atom. The molecule has 0 unspecified atom stereocenters. The van der Waals surface area contributed by atoms with Crippen LogP contribution in [0.15, 0.2) is 45.5 Å². The van der Waals surface area contributed by atoms with Crippen LogP contribution in [0.3, 0.4) is 0 Å². The first-order chi connectivity index (χ1) is 11.6. The van der Waals surface area contributed by atoms with E-state index in [2.05, 4.69) is 15.5 Å². The predicted octanol–water partition coefficient (Wildman–Crippen LogP) is 3.03. The van der Waals surface area contributed by atoms with E-state index >= 15 is 0 Å². The Hall–Kier alpha value is -2.96. The van der Waals surface area contributed by atoms with E-state index in [1.54, 1.807) is 31.2 Å². The summed E-state index contributed by atoms with van der Waals surface area (Å²) >= 11 is 0. The van der Waals surface area contributed by atoms with Gasteiger partial charge < -0.3 is 14.3 Å². The van der Waals surface area contributed by atoms with Crippen molar-refractivity contribution in [3.63, 3.8) is 0 Å². The summed E-state index contributed by atoms with van der Waals surface area (Å²) in [6.07, 6.45) is 2.04. The third-order valence-corrected chi connectivity index (χ3v) is 3.50. The van der Waals surface area contributed by atoms with Gasteiger partial charge in [0.05, 0.1) is 6.26 Å². The molecule has 0 saturated carbocycles. The zero-order valence-electron chi connectivity index (χ0n) is 13.1. The fourth-order valence-electron chi connectivity index (χ4n) is 2.12. The quantitative estimate of drug-likeness (QED) is 0.752. The fourth-order valence-corrected chi connectivity index (χ4v) is 2.12. The number of carbonyl (C=O) groups is 1. The van der Waals surface area contributed by atoms with E-state index in [9.17, 15) is 9.18 Å². The lowest BCUT2D eigenvalue weighted by Gasteiger charge is -2.05. The number of rotatable bonds is 6. The monoisotopic (exact) mass is 329 g/mol. The molecule has 3 aromatic rings. The minimum atomic E-state index is -0.280. The molecular weight excluding hydrogens is 313 g/mol. The summed E-state index contributed by atoms with van der Waals surface area (Å²) in [5, 5.41) is 6.53. The highest BCUT2D eigenvalue weighted by molar-refractivity contribution is 5.76. The lowest BCUT2D eigenvalue weighted by Crippen LogP contribution is -2.23. The zero-order valence-corrected chi connectivity index (χ0v) is 13.1. The third kappa shape index (κ3) is 3.87. The van der Waals surface area contributed by atoms with Crippen molar-refractivity contribution in [1.29, 1.82) is 0 Å². The number of aromatic nitrogens is 2. The first kappa shape index (κ1) is 15.9. The van der Waals surface area contributed by atoms with Crippen LogP contribution in [-0.4, -0.2) is 16.0 Å². The molecular formula is C17H16FN3O3. The Morgan fingerprint density at radius 2 is 2.21 bits per heavy atom. The molecule has 124 valence electrons. The van der Waals surface area contributed by atoms with Gasteiger partial charge in [0, 0.05) is 19.4 Å². The molecule has 1 amide bonds. The van der Waals surface area contributed by atoms with Crippen LogP contribution in [0.25, 0.3) is 11.6 Å². The summed E-state index contributed by atoms with van der Waals surface area (Å²) in [4.78, 5) is 16.0. The topological polar surface area (TPSA) is 81.2 Å². The Kier molecular flexibility index (Phi) is 4.69. The fraction of sp³-hybridized carbons (Fsp3) is 0.235. The SMILES string of the molecule is Cc1ccc(CNC(=O)CCc2nc(-c3ccco3)no2)cc1F. The number of hydrogen-bond acceptors (Lipinski definition) is 5. The third-order valence-electron chi connectivity index (χ3n) is 3.50. The average Bonchev–Trinajstić information content (AvgIpc) is 3.25. The van der Waals surface area contributed by atoms with E-state index in [1.807, 2.05) is 0 Å².